The summed E-state index contributed by atoms with van der Waals surface area (Å²) in [6.07, 6.45) is -0.783. The maximum absolute atomic E-state index is 12.5. The van der Waals surface area contributed by atoms with Gasteiger partial charge in [-0.1, -0.05) is 18.2 Å². The SMILES string of the molecule is COC(=O)CCC(C(=O)OC)N(CCNC(=O)OC(C)(C)C)OC(=O)c1ccccc1. The molecule has 0 saturated carbocycles. The highest BCUT2D eigenvalue weighted by Gasteiger charge is 2.31. The Morgan fingerprint density at radius 1 is 1.03 bits per heavy atom. The number of rotatable bonds is 10. The van der Waals surface area contributed by atoms with E-state index in [0.29, 0.717) is 0 Å². The minimum atomic E-state index is -1.09. The Bertz CT molecular complexity index is 745. The van der Waals surface area contributed by atoms with E-state index in [-0.39, 0.29) is 31.5 Å². The maximum atomic E-state index is 12.5. The first-order chi connectivity index (χ1) is 14.6. The molecule has 10 nitrogen and oxygen atoms in total. The summed E-state index contributed by atoms with van der Waals surface area (Å²) in [5.41, 5.74) is -0.414. The van der Waals surface area contributed by atoms with Gasteiger partial charge in [-0.3, -0.25) is 9.59 Å². The van der Waals surface area contributed by atoms with Gasteiger partial charge in [0.2, 0.25) is 0 Å². The van der Waals surface area contributed by atoms with Crippen molar-refractivity contribution in [3.8, 4) is 0 Å². The van der Waals surface area contributed by atoms with Gasteiger partial charge in [0.05, 0.1) is 26.3 Å². The molecule has 1 aromatic rings. The Labute approximate surface area is 181 Å². The molecule has 0 aromatic heterocycles. The summed E-state index contributed by atoms with van der Waals surface area (Å²) in [5.74, 6) is -1.94. The molecule has 0 aliphatic rings. The topological polar surface area (TPSA) is 120 Å². The number of alkyl carbamates (subject to hydrolysis) is 1. The van der Waals surface area contributed by atoms with Crippen molar-refractivity contribution in [1.82, 2.24) is 10.4 Å². The van der Waals surface area contributed by atoms with Gasteiger partial charge in [0.15, 0.2) is 0 Å². The number of hydrogen-bond acceptors (Lipinski definition) is 9. The van der Waals surface area contributed by atoms with Crippen LogP contribution in [-0.2, 0) is 28.6 Å². The van der Waals surface area contributed by atoms with Crippen molar-refractivity contribution in [2.75, 3.05) is 27.3 Å². The molecular formula is C21H30N2O8. The quantitative estimate of drug-likeness (QED) is 0.332. The Morgan fingerprint density at radius 2 is 1.68 bits per heavy atom. The van der Waals surface area contributed by atoms with E-state index < -0.39 is 35.6 Å². The predicted molar refractivity (Wildman–Crippen MR) is 110 cm³/mol. The average molecular weight is 438 g/mol. The summed E-state index contributed by atoms with van der Waals surface area (Å²) in [5, 5.41) is 3.62. The van der Waals surface area contributed by atoms with Crippen LogP contribution in [0.5, 0.6) is 0 Å². The molecule has 1 N–H and O–H groups in total. The minimum absolute atomic E-state index is 0.00268. The van der Waals surface area contributed by atoms with Crippen LogP contribution in [0.2, 0.25) is 0 Å². The van der Waals surface area contributed by atoms with Gasteiger partial charge in [-0.2, -0.15) is 0 Å². The first-order valence-electron chi connectivity index (χ1n) is 9.73. The van der Waals surface area contributed by atoms with Gasteiger partial charge in [-0.15, -0.1) is 5.06 Å². The van der Waals surface area contributed by atoms with Gasteiger partial charge in [0, 0.05) is 13.0 Å². The predicted octanol–water partition coefficient (Wildman–Crippen LogP) is 2.08. The maximum Gasteiger partial charge on any atom is 0.407 e. The number of methoxy groups -OCH3 is 2. The Morgan fingerprint density at radius 3 is 2.23 bits per heavy atom. The highest BCUT2D eigenvalue weighted by atomic mass is 16.7. The number of carbonyl (C=O) groups excluding carboxylic acids is 4. The van der Waals surface area contributed by atoms with E-state index in [0.717, 1.165) is 5.06 Å². The van der Waals surface area contributed by atoms with Gasteiger partial charge in [-0.05, 0) is 39.3 Å². The summed E-state index contributed by atoms with van der Waals surface area (Å²) >= 11 is 0. The van der Waals surface area contributed by atoms with Crippen LogP contribution < -0.4 is 5.32 Å². The van der Waals surface area contributed by atoms with Crippen molar-refractivity contribution >= 4 is 24.0 Å². The molecule has 0 heterocycles. The second-order valence-corrected chi connectivity index (χ2v) is 7.47. The Balaban J connectivity index is 2.94. The number of hydroxylamine groups is 2. The van der Waals surface area contributed by atoms with Crippen LogP contribution in [0.1, 0.15) is 44.0 Å². The fourth-order valence-electron chi connectivity index (χ4n) is 2.45. The lowest BCUT2D eigenvalue weighted by molar-refractivity contribution is -0.175. The molecule has 0 fully saturated rings. The second kappa shape index (κ2) is 12.5. The van der Waals surface area contributed by atoms with E-state index in [1.807, 2.05) is 0 Å². The summed E-state index contributed by atoms with van der Waals surface area (Å²) in [6, 6.07) is 7.10. The van der Waals surface area contributed by atoms with Crippen molar-refractivity contribution < 1.29 is 38.2 Å². The van der Waals surface area contributed by atoms with E-state index in [2.05, 4.69) is 10.1 Å². The number of nitrogens with one attached hydrogen (secondary N) is 1. The summed E-state index contributed by atoms with van der Waals surface area (Å²) in [6.45, 7) is 5.11. The standard InChI is InChI=1S/C21H30N2O8/c1-21(2,3)30-20(27)22-13-14-23(31-18(25)15-9-7-6-8-10-15)16(19(26)29-5)11-12-17(24)28-4/h6-10,16H,11-14H2,1-5H3,(H,22,27). The summed E-state index contributed by atoms with van der Waals surface area (Å²) in [4.78, 5) is 53.7. The molecule has 0 spiro atoms. The van der Waals surface area contributed by atoms with Crippen molar-refractivity contribution in [2.45, 2.75) is 45.3 Å². The zero-order valence-electron chi connectivity index (χ0n) is 18.5. The number of nitrogens with zero attached hydrogens (tertiary/aromatic N) is 1. The molecule has 0 radical (unpaired) electrons. The Hall–Kier alpha value is -3.14. The van der Waals surface area contributed by atoms with Crippen LogP contribution in [-0.4, -0.2) is 68.0 Å². The van der Waals surface area contributed by atoms with E-state index in [9.17, 15) is 19.2 Å². The number of benzene rings is 1. The van der Waals surface area contributed by atoms with E-state index >= 15 is 0 Å². The lowest BCUT2D eigenvalue weighted by Crippen LogP contribution is -2.47. The van der Waals surface area contributed by atoms with Crippen molar-refractivity contribution in [3.05, 3.63) is 35.9 Å². The number of esters is 2. The van der Waals surface area contributed by atoms with Gasteiger partial charge >= 0.3 is 24.0 Å². The molecule has 1 amide bonds. The molecule has 1 rings (SSSR count). The second-order valence-electron chi connectivity index (χ2n) is 7.47. The third kappa shape index (κ3) is 9.94. The van der Waals surface area contributed by atoms with Crippen LogP contribution in [0.25, 0.3) is 0 Å². The van der Waals surface area contributed by atoms with Gasteiger partial charge < -0.3 is 24.4 Å². The van der Waals surface area contributed by atoms with Crippen molar-refractivity contribution in [2.24, 2.45) is 0 Å². The van der Waals surface area contributed by atoms with Crippen molar-refractivity contribution in [3.63, 3.8) is 0 Å². The normalized spacial score (nSPS) is 11.9. The number of carbonyl (C=O) groups is 4. The molecule has 1 unspecified atom stereocenters. The molecule has 0 aliphatic heterocycles. The third-order valence-electron chi connectivity index (χ3n) is 3.88. The first-order valence-corrected chi connectivity index (χ1v) is 9.73. The smallest absolute Gasteiger partial charge is 0.407 e. The molecule has 1 aromatic carbocycles. The number of amides is 1. The minimum Gasteiger partial charge on any atom is -0.469 e. The monoisotopic (exact) mass is 438 g/mol. The molecule has 0 aliphatic carbocycles. The summed E-state index contributed by atoms with van der Waals surface area (Å²) in [7, 11) is 2.41. The molecule has 172 valence electrons. The van der Waals surface area contributed by atoms with Crippen LogP contribution in [0.3, 0.4) is 0 Å². The lowest BCUT2D eigenvalue weighted by atomic mass is 10.1. The fourth-order valence-corrected chi connectivity index (χ4v) is 2.45. The Kier molecular flexibility index (Phi) is 10.5. The third-order valence-corrected chi connectivity index (χ3v) is 3.88. The molecule has 10 heteroatoms. The first kappa shape index (κ1) is 25.9. The average Bonchev–Trinajstić information content (AvgIpc) is 2.72. The van der Waals surface area contributed by atoms with Crippen LogP contribution in [0.15, 0.2) is 30.3 Å². The summed E-state index contributed by atoms with van der Waals surface area (Å²) < 4.78 is 14.6. The van der Waals surface area contributed by atoms with Crippen molar-refractivity contribution in [1.29, 1.82) is 0 Å². The van der Waals surface area contributed by atoms with Crippen LogP contribution in [0, 0.1) is 0 Å². The molecular weight excluding hydrogens is 408 g/mol. The van der Waals surface area contributed by atoms with Gasteiger partial charge in [0.25, 0.3) is 0 Å². The fraction of sp³-hybridized carbons (Fsp3) is 0.524. The van der Waals surface area contributed by atoms with E-state index in [4.69, 9.17) is 14.3 Å². The number of ether oxygens (including phenoxy) is 3. The molecule has 1 atom stereocenters. The number of hydrogen-bond donors (Lipinski definition) is 1. The molecule has 31 heavy (non-hydrogen) atoms. The van der Waals surface area contributed by atoms with E-state index in [1.54, 1.807) is 51.1 Å². The molecule has 0 bridgehead atoms. The zero-order valence-corrected chi connectivity index (χ0v) is 18.5. The van der Waals surface area contributed by atoms with Gasteiger partial charge in [0.1, 0.15) is 11.6 Å². The lowest BCUT2D eigenvalue weighted by Gasteiger charge is -2.28. The zero-order chi connectivity index (χ0) is 23.4. The highest BCUT2D eigenvalue weighted by molar-refractivity contribution is 5.89. The van der Waals surface area contributed by atoms with Crippen LogP contribution >= 0.6 is 0 Å². The highest BCUT2D eigenvalue weighted by Crippen LogP contribution is 2.13. The van der Waals surface area contributed by atoms with Gasteiger partial charge in [-0.25, -0.2) is 9.59 Å². The molecule has 0 saturated heterocycles. The van der Waals surface area contributed by atoms with Crippen LogP contribution in [0.4, 0.5) is 4.79 Å². The van der Waals surface area contributed by atoms with E-state index in [1.165, 1.54) is 14.2 Å². The largest absolute Gasteiger partial charge is 0.469 e.